The molecule has 0 aliphatic carbocycles. The van der Waals surface area contributed by atoms with E-state index in [9.17, 15) is 0 Å². The highest BCUT2D eigenvalue weighted by molar-refractivity contribution is 4.75. The first kappa shape index (κ1) is 12.9. The summed E-state index contributed by atoms with van der Waals surface area (Å²) in [6, 6.07) is 0.801. The van der Waals surface area contributed by atoms with Crippen LogP contribution in [0.4, 0.5) is 0 Å². The van der Waals surface area contributed by atoms with Crippen molar-refractivity contribution in [2.75, 3.05) is 39.4 Å². The van der Waals surface area contributed by atoms with Gasteiger partial charge in [0.15, 0.2) is 0 Å². The highest BCUT2D eigenvalue weighted by Gasteiger charge is 2.18. The maximum atomic E-state index is 5.28. The van der Waals surface area contributed by atoms with E-state index in [-0.39, 0.29) is 0 Å². The van der Waals surface area contributed by atoms with Crippen molar-refractivity contribution in [3.63, 3.8) is 0 Å². The van der Waals surface area contributed by atoms with Crippen LogP contribution in [-0.4, -0.2) is 50.3 Å². The van der Waals surface area contributed by atoms with Crippen LogP contribution in [0.2, 0.25) is 0 Å². The smallest absolute Gasteiger partial charge is 0.0477 e. The third-order valence-electron chi connectivity index (χ3n) is 3.11. The summed E-state index contributed by atoms with van der Waals surface area (Å²) in [6.07, 6.45) is 3.89. The van der Waals surface area contributed by atoms with Crippen molar-refractivity contribution >= 4 is 0 Å². The minimum absolute atomic E-state index is 0.801. The second kappa shape index (κ2) is 8.08. The zero-order chi connectivity index (χ0) is 10.9. The average molecular weight is 214 g/mol. The maximum absolute atomic E-state index is 5.28. The van der Waals surface area contributed by atoms with E-state index in [0.717, 1.165) is 38.8 Å². The summed E-state index contributed by atoms with van der Waals surface area (Å²) in [6.45, 7) is 10.8. The molecule has 0 aromatic heterocycles. The van der Waals surface area contributed by atoms with Crippen molar-refractivity contribution < 1.29 is 4.74 Å². The summed E-state index contributed by atoms with van der Waals surface area (Å²) in [5.41, 5.74) is 0. The van der Waals surface area contributed by atoms with Crippen LogP contribution in [0, 0.1) is 0 Å². The van der Waals surface area contributed by atoms with Gasteiger partial charge in [-0.15, -0.1) is 0 Å². The Morgan fingerprint density at radius 1 is 1.40 bits per heavy atom. The second-order valence-electron chi connectivity index (χ2n) is 4.33. The Bertz CT molecular complexity index is 153. The van der Waals surface area contributed by atoms with E-state index in [1.54, 1.807) is 0 Å². The molecule has 0 radical (unpaired) electrons. The topological polar surface area (TPSA) is 24.5 Å². The van der Waals surface area contributed by atoms with Gasteiger partial charge in [0, 0.05) is 32.3 Å². The third kappa shape index (κ3) is 5.50. The SMILES string of the molecule is CCOCCCNCCN1CCCC1C. The fraction of sp³-hybridized carbons (Fsp3) is 1.00. The van der Waals surface area contributed by atoms with Crippen LogP contribution >= 0.6 is 0 Å². The van der Waals surface area contributed by atoms with Crippen LogP contribution in [0.25, 0.3) is 0 Å². The Morgan fingerprint density at radius 3 is 2.93 bits per heavy atom. The first-order valence-electron chi connectivity index (χ1n) is 6.37. The monoisotopic (exact) mass is 214 g/mol. The number of likely N-dealkylation sites (tertiary alicyclic amines) is 1. The van der Waals surface area contributed by atoms with Crippen molar-refractivity contribution in [3.8, 4) is 0 Å². The van der Waals surface area contributed by atoms with Crippen molar-refractivity contribution in [3.05, 3.63) is 0 Å². The number of hydrogen-bond donors (Lipinski definition) is 1. The molecule has 0 spiro atoms. The number of nitrogens with zero attached hydrogens (tertiary/aromatic N) is 1. The molecule has 1 atom stereocenters. The summed E-state index contributed by atoms with van der Waals surface area (Å²) in [7, 11) is 0. The Morgan fingerprint density at radius 2 is 2.27 bits per heavy atom. The Kier molecular flexibility index (Phi) is 6.98. The van der Waals surface area contributed by atoms with E-state index in [4.69, 9.17) is 4.74 Å². The second-order valence-corrected chi connectivity index (χ2v) is 4.33. The van der Waals surface area contributed by atoms with E-state index in [1.807, 2.05) is 6.92 Å². The zero-order valence-corrected chi connectivity index (χ0v) is 10.3. The lowest BCUT2D eigenvalue weighted by Crippen LogP contribution is -2.34. The van der Waals surface area contributed by atoms with Crippen LogP contribution in [0.1, 0.15) is 33.1 Å². The van der Waals surface area contributed by atoms with Crippen molar-refractivity contribution in [1.29, 1.82) is 0 Å². The normalized spacial score (nSPS) is 22.4. The number of hydrogen-bond acceptors (Lipinski definition) is 3. The predicted octanol–water partition coefficient (Wildman–Crippen LogP) is 1.49. The van der Waals surface area contributed by atoms with Crippen LogP contribution < -0.4 is 5.32 Å². The molecule has 0 bridgehead atoms. The lowest BCUT2D eigenvalue weighted by molar-refractivity contribution is 0.144. The van der Waals surface area contributed by atoms with Gasteiger partial charge in [0.25, 0.3) is 0 Å². The molecule has 3 heteroatoms. The van der Waals surface area contributed by atoms with E-state index in [0.29, 0.717) is 0 Å². The van der Waals surface area contributed by atoms with E-state index < -0.39 is 0 Å². The molecule has 0 aromatic rings. The first-order valence-corrected chi connectivity index (χ1v) is 6.37. The molecule has 1 aliphatic rings. The quantitative estimate of drug-likeness (QED) is 0.620. The maximum Gasteiger partial charge on any atom is 0.0477 e. The molecule has 1 rings (SSSR count). The Labute approximate surface area is 94.2 Å². The molecule has 3 nitrogen and oxygen atoms in total. The molecular weight excluding hydrogens is 188 g/mol. The Balaban J connectivity index is 1.84. The van der Waals surface area contributed by atoms with Gasteiger partial charge in [-0.3, -0.25) is 4.90 Å². The van der Waals surface area contributed by atoms with E-state index in [1.165, 1.54) is 25.9 Å². The van der Waals surface area contributed by atoms with Gasteiger partial charge in [-0.1, -0.05) is 0 Å². The van der Waals surface area contributed by atoms with Crippen LogP contribution in [-0.2, 0) is 4.74 Å². The molecule has 1 saturated heterocycles. The minimum Gasteiger partial charge on any atom is -0.382 e. The zero-order valence-electron chi connectivity index (χ0n) is 10.3. The largest absolute Gasteiger partial charge is 0.382 e. The molecule has 0 aromatic carbocycles. The fourth-order valence-electron chi connectivity index (χ4n) is 2.12. The summed E-state index contributed by atoms with van der Waals surface area (Å²) in [5.74, 6) is 0. The molecule has 1 unspecified atom stereocenters. The lowest BCUT2D eigenvalue weighted by Gasteiger charge is -2.20. The van der Waals surface area contributed by atoms with Crippen LogP contribution in [0.3, 0.4) is 0 Å². The van der Waals surface area contributed by atoms with Gasteiger partial charge >= 0.3 is 0 Å². The molecule has 0 amide bonds. The number of rotatable bonds is 8. The van der Waals surface area contributed by atoms with Gasteiger partial charge in [0.1, 0.15) is 0 Å². The van der Waals surface area contributed by atoms with Crippen LogP contribution in [0.5, 0.6) is 0 Å². The molecule has 15 heavy (non-hydrogen) atoms. The van der Waals surface area contributed by atoms with Crippen molar-refractivity contribution in [2.45, 2.75) is 39.2 Å². The summed E-state index contributed by atoms with van der Waals surface area (Å²) in [4.78, 5) is 2.58. The highest BCUT2D eigenvalue weighted by atomic mass is 16.5. The van der Waals surface area contributed by atoms with Crippen LogP contribution in [0.15, 0.2) is 0 Å². The first-order chi connectivity index (χ1) is 7.34. The van der Waals surface area contributed by atoms with Gasteiger partial charge in [0.2, 0.25) is 0 Å². The number of ether oxygens (including phenoxy) is 1. The predicted molar refractivity (Wildman–Crippen MR) is 64.2 cm³/mol. The molecule has 1 N–H and O–H groups in total. The molecule has 0 saturated carbocycles. The molecule has 1 aliphatic heterocycles. The Hall–Kier alpha value is -0.120. The third-order valence-corrected chi connectivity index (χ3v) is 3.11. The van der Waals surface area contributed by atoms with Crippen molar-refractivity contribution in [2.24, 2.45) is 0 Å². The standard InChI is InChI=1S/C12H26N2O/c1-3-15-11-5-7-13-8-10-14-9-4-6-12(14)2/h12-13H,3-11H2,1-2H3. The lowest BCUT2D eigenvalue weighted by atomic mass is 10.2. The van der Waals surface area contributed by atoms with Gasteiger partial charge in [0.05, 0.1) is 0 Å². The minimum atomic E-state index is 0.801. The molecular formula is C12H26N2O. The van der Waals surface area contributed by atoms with Gasteiger partial charge in [-0.05, 0) is 46.2 Å². The van der Waals surface area contributed by atoms with Gasteiger partial charge < -0.3 is 10.1 Å². The summed E-state index contributed by atoms with van der Waals surface area (Å²) >= 11 is 0. The van der Waals surface area contributed by atoms with E-state index in [2.05, 4.69) is 17.1 Å². The molecule has 90 valence electrons. The molecule has 1 heterocycles. The van der Waals surface area contributed by atoms with Gasteiger partial charge in [-0.25, -0.2) is 0 Å². The van der Waals surface area contributed by atoms with Crippen molar-refractivity contribution in [1.82, 2.24) is 10.2 Å². The number of nitrogens with one attached hydrogen (secondary N) is 1. The molecule has 1 fully saturated rings. The average Bonchev–Trinajstić information content (AvgIpc) is 2.63. The summed E-state index contributed by atoms with van der Waals surface area (Å²) in [5, 5.41) is 3.47. The van der Waals surface area contributed by atoms with E-state index >= 15 is 0 Å². The highest BCUT2D eigenvalue weighted by Crippen LogP contribution is 2.14. The summed E-state index contributed by atoms with van der Waals surface area (Å²) < 4.78 is 5.28. The van der Waals surface area contributed by atoms with Gasteiger partial charge in [-0.2, -0.15) is 0 Å². The fourth-order valence-corrected chi connectivity index (χ4v) is 2.12.